The van der Waals surface area contributed by atoms with Crippen LogP contribution in [0, 0.1) is 5.92 Å². The number of hydrogen-bond donors (Lipinski definition) is 0. The van der Waals surface area contributed by atoms with E-state index in [1.165, 1.54) is 19.3 Å². The van der Waals surface area contributed by atoms with E-state index in [2.05, 4.69) is 25.8 Å². The highest BCUT2D eigenvalue weighted by Gasteiger charge is 2.21. The Kier molecular flexibility index (Phi) is 5.91. The van der Waals surface area contributed by atoms with Gasteiger partial charge in [-0.05, 0) is 31.2 Å². The highest BCUT2D eigenvalue weighted by molar-refractivity contribution is 5.22. The zero-order valence-corrected chi connectivity index (χ0v) is 10.7. The zero-order chi connectivity index (χ0) is 11.8. The minimum atomic E-state index is 0.818. The van der Waals surface area contributed by atoms with Crippen molar-refractivity contribution < 1.29 is 4.74 Å². The molecule has 0 saturated heterocycles. The molecule has 1 aliphatic rings. The van der Waals surface area contributed by atoms with Crippen molar-refractivity contribution in [2.24, 2.45) is 5.92 Å². The number of aromatic nitrogens is 1. The van der Waals surface area contributed by atoms with Gasteiger partial charge in [0, 0.05) is 18.0 Å². The van der Waals surface area contributed by atoms with Crippen LogP contribution in [-0.2, 0) is 6.42 Å². The van der Waals surface area contributed by atoms with E-state index in [-0.39, 0.29) is 0 Å². The smallest absolute Gasteiger partial charge is 0.122 e. The van der Waals surface area contributed by atoms with Crippen LogP contribution in [0.25, 0.3) is 0 Å². The van der Waals surface area contributed by atoms with E-state index in [0.29, 0.717) is 0 Å². The number of pyridine rings is 1. The van der Waals surface area contributed by atoms with Gasteiger partial charge in [-0.15, -0.1) is 0 Å². The standard InChI is InChI=1S/C11H15NO.C3H8/c1-2-10-7-11(5-6-12-10)13-8-9-3-4-9;1-3-2/h5-7,9H,2-4,8H2,1H3;3H2,1-2H3. The number of ether oxygens (including phenoxy) is 1. The fourth-order valence-electron chi connectivity index (χ4n) is 1.24. The third-order valence-corrected chi connectivity index (χ3v) is 2.33. The molecule has 0 spiro atoms. The molecule has 2 nitrogen and oxygen atoms in total. The van der Waals surface area contributed by atoms with Gasteiger partial charge < -0.3 is 4.74 Å². The molecule has 0 atom stereocenters. The number of hydrogen-bond acceptors (Lipinski definition) is 2. The van der Waals surface area contributed by atoms with Gasteiger partial charge in [0.15, 0.2) is 0 Å². The Hall–Kier alpha value is -1.05. The van der Waals surface area contributed by atoms with Crippen molar-refractivity contribution >= 4 is 0 Å². The van der Waals surface area contributed by atoms with Crippen molar-refractivity contribution in [2.45, 2.75) is 46.5 Å². The van der Waals surface area contributed by atoms with Crippen molar-refractivity contribution in [3.05, 3.63) is 24.0 Å². The average molecular weight is 221 g/mol. The molecule has 0 bridgehead atoms. The summed E-state index contributed by atoms with van der Waals surface area (Å²) in [5.74, 6) is 1.79. The van der Waals surface area contributed by atoms with Crippen LogP contribution in [-0.4, -0.2) is 11.6 Å². The van der Waals surface area contributed by atoms with Crippen LogP contribution < -0.4 is 4.74 Å². The number of rotatable bonds is 4. The first-order chi connectivity index (χ1) is 7.80. The van der Waals surface area contributed by atoms with Crippen molar-refractivity contribution in [2.75, 3.05) is 6.61 Å². The van der Waals surface area contributed by atoms with Crippen molar-refractivity contribution in [1.82, 2.24) is 4.98 Å². The normalized spacial score (nSPS) is 13.9. The predicted octanol–water partition coefficient (Wildman–Crippen LogP) is 3.85. The second kappa shape index (κ2) is 7.26. The first-order valence-corrected chi connectivity index (χ1v) is 6.37. The molecule has 0 aliphatic heterocycles. The van der Waals surface area contributed by atoms with E-state index in [4.69, 9.17) is 4.74 Å². The Labute approximate surface area is 99.0 Å². The van der Waals surface area contributed by atoms with Gasteiger partial charge >= 0.3 is 0 Å². The van der Waals surface area contributed by atoms with Crippen molar-refractivity contribution in [3.8, 4) is 5.75 Å². The highest BCUT2D eigenvalue weighted by Crippen LogP contribution is 2.29. The van der Waals surface area contributed by atoms with E-state index in [1.54, 1.807) is 0 Å². The number of aryl methyl sites for hydroxylation is 1. The van der Waals surface area contributed by atoms with E-state index in [1.807, 2.05) is 18.3 Å². The van der Waals surface area contributed by atoms with Gasteiger partial charge in [0.2, 0.25) is 0 Å². The molecule has 0 unspecified atom stereocenters. The van der Waals surface area contributed by atoms with Crippen LogP contribution in [0.15, 0.2) is 18.3 Å². The molecule has 0 radical (unpaired) electrons. The Morgan fingerprint density at radius 1 is 1.31 bits per heavy atom. The third kappa shape index (κ3) is 5.15. The van der Waals surface area contributed by atoms with Gasteiger partial charge in [0.1, 0.15) is 5.75 Å². The fourth-order valence-corrected chi connectivity index (χ4v) is 1.24. The maximum absolute atomic E-state index is 5.63. The molecule has 0 N–H and O–H groups in total. The highest BCUT2D eigenvalue weighted by atomic mass is 16.5. The molecule has 2 rings (SSSR count). The van der Waals surface area contributed by atoms with Crippen LogP contribution in [0.1, 0.15) is 45.7 Å². The summed E-state index contributed by atoms with van der Waals surface area (Å²) in [4.78, 5) is 4.22. The molecule has 1 fully saturated rings. The van der Waals surface area contributed by atoms with Crippen molar-refractivity contribution in [3.63, 3.8) is 0 Å². The fraction of sp³-hybridized carbons (Fsp3) is 0.643. The predicted molar refractivity (Wildman–Crippen MR) is 67.8 cm³/mol. The van der Waals surface area contributed by atoms with E-state index in [9.17, 15) is 0 Å². The van der Waals surface area contributed by atoms with Gasteiger partial charge in [-0.25, -0.2) is 0 Å². The monoisotopic (exact) mass is 221 g/mol. The first-order valence-electron chi connectivity index (χ1n) is 6.37. The molecule has 1 aromatic heterocycles. The number of nitrogens with zero attached hydrogens (tertiary/aromatic N) is 1. The van der Waals surface area contributed by atoms with Crippen molar-refractivity contribution in [1.29, 1.82) is 0 Å². The summed E-state index contributed by atoms with van der Waals surface area (Å²) < 4.78 is 5.63. The first kappa shape index (κ1) is 13.0. The second-order valence-corrected chi connectivity index (χ2v) is 4.30. The summed E-state index contributed by atoms with van der Waals surface area (Å²) in [5.41, 5.74) is 1.10. The lowest BCUT2D eigenvalue weighted by atomic mass is 10.3. The van der Waals surface area contributed by atoms with Gasteiger partial charge in [0.05, 0.1) is 6.61 Å². The largest absolute Gasteiger partial charge is 0.493 e. The second-order valence-electron chi connectivity index (χ2n) is 4.30. The lowest BCUT2D eigenvalue weighted by Gasteiger charge is -2.05. The molecule has 90 valence electrons. The van der Waals surface area contributed by atoms with E-state index >= 15 is 0 Å². The SMILES string of the molecule is CCC.CCc1cc(OCC2CC2)ccn1. The Morgan fingerprint density at radius 3 is 2.56 bits per heavy atom. The lowest BCUT2D eigenvalue weighted by Crippen LogP contribution is -1.99. The van der Waals surface area contributed by atoms with Crippen LogP contribution in [0.5, 0.6) is 5.75 Å². The Balaban J connectivity index is 0.000000386. The summed E-state index contributed by atoms with van der Waals surface area (Å²) in [6.45, 7) is 7.24. The average Bonchev–Trinajstić information content (AvgIpc) is 3.12. The minimum absolute atomic E-state index is 0.818. The quantitative estimate of drug-likeness (QED) is 0.770. The summed E-state index contributed by atoms with van der Waals surface area (Å²) >= 11 is 0. The van der Waals surface area contributed by atoms with Crippen LogP contribution >= 0.6 is 0 Å². The maximum Gasteiger partial charge on any atom is 0.122 e. The van der Waals surface area contributed by atoms with Crippen LogP contribution in [0.2, 0.25) is 0 Å². The zero-order valence-electron chi connectivity index (χ0n) is 10.7. The molecule has 0 aromatic carbocycles. The molecular formula is C14H23NO. The molecule has 16 heavy (non-hydrogen) atoms. The molecule has 1 aromatic rings. The minimum Gasteiger partial charge on any atom is -0.493 e. The van der Waals surface area contributed by atoms with E-state index in [0.717, 1.165) is 30.4 Å². The molecule has 0 amide bonds. The molecular weight excluding hydrogens is 198 g/mol. The van der Waals surface area contributed by atoms with Crippen LogP contribution in [0.3, 0.4) is 0 Å². The topological polar surface area (TPSA) is 22.1 Å². The Bertz CT molecular complexity index is 295. The Morgan fingerprint density at radius 2 is 2.00 bits per heavy atom. The summed E-state index contributed by atoms with van der Waals surface area (Å²) in [5, 5.41) is 0. The molecule has 1 aliphatic carbocycles. The summed E-state index contributed by atoms with van der Waals surface area (Å²) in [6, 6.07) is 3.96. The van der Waals surface area contributed by atoms with Gasteiger partial charge in [-0.3, -0.25) is 4.98 Å². The lowest BCUT2D eigenvalue weighted by molar-refractivity contribution is 0.299. The molecule has 1 saturated carbocycles. The summed E-state index contributed by atoms with van der Waals surface area (Å²) in [7, 11) is 0. The summed E-state index contributed by atoms with van der Waals surface area (Å²) in [6.07, 6.45) is 6.72. The molecule has 1 heterocycles. The van der Waals surface area contributed by atoms with Gasteiger partial charge in [0.25, 0.3) is 0 Å². The van der Waals surface area contributed by atoms with Gasteiger partial charge in [-0.1, -0.05) is 27.2 Å². The van der Waals surface area contributed by atoms with Gasteiger partial charge in [-0.2, -0.15) is 0 Å². The van der Waals surface area contributed by atoms with Crippen LogP contribution in [0.4, 0.5) is 0 Å². The van der Waals surface area contributed by atoms with E-state index < -0.39 is 0 Å². The maximum atomic E-state index is 5.63. The molecule has 2 heteroatoms. The third-order valence-electron chi connectivity index (χ3n) is 2.33.